The Morgan fingerprint density at radius 2 is 2.10 bits per heavy atom. The average Bonchev–Trinajstić information content (AvgIpc) is 3.43. The first-order valence-corrected chi connectivity index (χ1v) is 9.56. The summed E-state index contributed by atoms with van der Waals surface area (Å²) in [6.07, 6.45) is -1.45. The molecule has 1 atom stereocenters. The Labute approximate surface area is 175 Å². The van der Waals surface area contributed by atoms with Crippen molar-refractivity contribution in [3.63, 3.8) is 0 Å². The third-order valence-corrected chi connectivity index (χ3v) is 4.72. The van der Waals surface area contributed by atoms with Crippen LogP contribution in [0, 0.1) is 12.8 Å². The van der Waals surface area contributed by atoms with Gasteiger partial charge in [-0.15, -0.1) is 0 Å². The van der Waals surface area contributed by atoms with Crippen molar-refractivity contribution in [2.75, 3.05) is 6.61 Å². The Hall–Kier alpha value is -2.62. The Bertz CT molecular complexity index is 957. The van der Waals surface area contributed by atoms with Gasteiger partial charge >= 0.3 is 6.18 Å². The molecule has 11 heteroatoms. The molecule has 0 radical (unpaired) electrons. The molecule has 162 valence electrons. The number of nitrogens with zero attached hydrogens (tertiary/aromatic N) is 2. The van der Waals surface area contributed by atoms with Gasteiger partial charge in [-0.25, -0.2) is 9.97 Å². The minimum absolute atomic E-state index is 0.00960. The van der Waals surface area contributed by atoms with Gasteiger partial charge < -0.3 is 14.5 Å². The Kier molecular flexibility index (Phi) is 6.35. The summed E-state index contributed by atoms with van der Waals surface area (Å²) in [4.78, 5) is 32.3. The molecular formula is C19H19ClF3N3O4. The maximum absolute atomic E-state index is 12.5. The van der Waals surface area contributed by atoms with Crippen molar-refractivity contribution in [2.45, 2.75) is 45.3 Å². The number of alkyl halides is 3. The number of halogens is 4. The average molecular weight is 446 g/mol. The zero-order chi connectivity index (χ0) is 22.1. The number of carbonyl (C=O) groups is 2. The van der Waals surface area contributed by atoms with E-state index in [2.05, 4.69) is 20.0 Å². The van der Waals surface area contributed by atoms with Gasteiger partial charge in [0, 0.05) is 12.1 Å². The van der Waals surface area contributed by atoms with E-state index in [9.17, 15) is 22.8 Å². The Morgan fingerprint density at radius 1 is 1.40 bits per heavy atom. The van der Waals surface area contributed by atoms with E-state index < -0.39 is 24.7 Å². The van der Waals surface area contributed by atoms with Crippen LogP contribution in [-0.4, -0.2) is 34.4 Å². The summed E-state index contributed by atoms with van der Waals surface area (Å²) in [6.45, 7) is 1.73. The lowest BCUT2D eigenvalue weighted by Crippen LogP contribution is -2.27. The van der Waals surface area contributed by atoms with E-state index in [1.54, 1.807) is 13.8 Å². The highest BCUT2D eigenvalue weighted by Crippen LogP contribution is 2.31. The Balaban J connectivity index is 1.63. The van der Waals surface area contributed by atoms with E-state index in [4.69, 9.17) is 16.0 Å². The van der Waals surface area contributed by atoms with Crippen LogP contribution >= 0.6 is 11.6 Å². The molecule has 2 aromatic rings. The number of pyridine rings is 1. The topological polar surface area (TPSA) is 94.3 Å². The van der Waals surface area contributed by atoms with Crippen LogP contribution in [0.2, 0.25) is 5.02 Å². The van der Waals surface area contributed by atoms with Gasteiger partial charge in [0.2, 0.25) is 17.5 Å². The number of aryl methyl sites for hydroxylation is 1. The minimum Gasteiger partial charge on any atom is -0.467 e. The zero-order valence-electron chi connectivity index (χ0n) is 16.2. The summed E-state index contributed by atoms with van der Waals surface area (Å²) < 4.78 is 46.8. The molecule has 2 heterocycles. The maximum Gasteiger partial charge on any atom is 0.422 e. The predicted octanol–water partition coefficient (Wildman–Crippen LogP) is 3.99. The van der Waals surface area contributed by atoms with E-state index in [0.717, 1.165) is 12.8 Å². The smallest absolute Gasteiger partial charge is 0.422 e. The van der Waals surface area contributed by atoms with Crippen LogP contribution in [0.5, 0.6) is 5.88 Å². The molecule has 1 amide bonds. The van der Waals surface area contributed by atoms with Crippen LogP contribution in [0.3, 0.4) is 0 Å². The number of aromatic nitrogens is 2. The van der Waals surface area contributed by atoms with Crippen LogP contribution in [0.4, 0.5) is 13.2 Å². The second-order valence-corrected chi connectivity index (χ2v) is 7.50. The fourth-order valence-corrected chi connectivity index (χ4v) is 2.95. The molecule has 7 nitrogen and oxygen atoms in total. The van der Waals surface area contributed by atoms with E-state index in [1.165, 1.54) is 12.3 Å². The normalized spacial score (nSPS) is 15.0. The SMILES string of the molecule is Cc1nc(CC(=O)C2CC2)oc1C(=O)NC(C)c1cnc(OCC(F)(F)F)c(Cl)c1. The predicted molar refractivity (Wildman–Crippen MR) is 99.4 cm³/mol. The minimum atomic E-state index is -4.51. The molecule has 0 spiro atoms. The summed E-state index contributed by atoms with van der Waals surface area (Å²) in [5.74, 6) is -0.610. The molecule has 1 N–H and O–H groups in total. The fraction of sp³-hybridized carbons (Fsp3) is 0.474. The summed E-state index contributed by atoms with van der Waals surface area (Å²) in [6, 6.07) is 0.776. The van der Waals surface area contributed by atoms with Gasteiger partial charge in [-0.2, -0.15) is 13.2 Å². The molecule has 0 aromatic carbocycles. The second-order valence-electron chi connectivity index (χ2n) is 7.09. The monoisotopic (exact) mass is 445 g/mol. The van der Waals surface area contributed by atoms with Gasteiger partial charge in [-0.05, 0) is 38.3 Å². The van der Waals surface area contributed by atoms with Crippen molar-refractivity contribution in [2.24, 2.45) is 5.92 Å². The molecule has 1 saturated carbocycles. The van der Waals surface area contributed by atoms with Gasteiger partial charge in [-0.3, -0.25) is 9.59 Å². The van der Waals surface area contributed by atoms with Gasteiger partial charge in [0.25, 0.3) is 5.91 Å². The number of hydrogen-bond donors (Lipinski definition) is 1. The molecule has 30 heavy (non-hydrogen) atoms. The standard InChI is InChI=1S/C19H19ClF3N3O4/c1-9(12-5-13(20)18(24-7-12)29-8-19(21,22)23)26-17(28)16-10(2)25-15(30-16)6-14(27)11-3-4-11/h5,7,9,11H,3-4,6,8H2,1-2H3,(H,26,28). The number of oxazole rings is 1. The first-order chi connectivity index (χ1) is 14.0. The number of Topliss-reactive ketones (excluding diaryl/α,β-unsaturated/α-hetero) is 1. The van der Waals surface area contributed by atoms with Crippen LogP contribution < -0.4 is 10.1 Å². The van der Waals surface area contributed by atoms with Crippen molar-refractivity contribution < 1.29 is 31.9 Å². The van der Waals surface area contributed by atoms with E-state index >= 15 is 0 Å². The summed E-state index contributed by atoms with van der Waals surface area (Å²) in [5, 5.41) is 2.56. The molecule has 1 fully saturated rings. The molecule has 1 aliphatic rings. The fourth-order valence-electron chi connectivity index (χ4n) is 2.72. The number of carbonyl (C=O) groups excluding carboxylic acids is 2. The first-order valence-electron chi connectivity index (χ1n) is 9.18. The summed E-state index contributed by atoms with van der Waals surface area (Å²) >= 11 is 5.94. The van der Waals surface area contributed by atoms with Crippen LogP contribution in [0.1, 0.15) is 53.5 Å². The molecule has 3 rings (SSSR count). The number of nitrogens with one attached hydrogen (secondary N) is 1. The van der Waals surface area contributed by atoms with Crippen molar-refractivity contribution in [3.8, 4) is 5.88 Å². The molecule has 1 unspecified atom stereocenters. The highest BCUT2D eigenvalue weighted by atomic mass is 35.5. The number of amides is 1. The number of ether oxygens (including phenoxy) is 1. The quantitative estimate of drug-likeness (QED) is 0.660. The van der Waals surface area contributed by atoms with Crippen molar-refractivity contribution >= 4 is 23.3 Å². The lowest BCUT2D eigenvalue weighted by atomic mass is 10.1. The molecule has 1 aliphatic carbocycles. The van der Waals surface area contributed by atoms with Crippen molar-refractivity contribution in [1.82, 2.24) is 15.3 Å². The maximum atomic E-state index is 12.5. The Morgan fingerprint density at radius 3 is 2.70 bits per heavy atom. The highest BCUT2D eigenvalue weighted by Gasteiger charge is 2.31. The van der Waals surface area contributed by atoms with Gasteiger partial charge in [0.1, 0.15) is 10.8 Å². The lowest BCUT2D eigenvalue weighted by molar-refractivity contribution is -0.154. The number of rotatable bonds is 8. The molecule has 0 aliphatic heterocycles. The van der Waals surface area contributed by atoms with Gasteiger partial charge in [0.15, 0.2) is 6.61 Å². The highest BCUT2D eigenvalue weighted by molar-refractivity contribution is 6.31. The third-order valence-electron chi connectivity index (χ3n) is 4.45. The largest absolute Gasteiger partial charge is 0.467 e. The van der Waals surface area contributed by atoms with Crippen LogP contribution in [0.15, 0.2) is 16.7 Å². The van der Waals surface area contributed by atoms with Gasteiger partial charge in [-0.1, -0.05) is 11.6 Å². The summed E-state index contributed by atoms with van der Waals surface area (Å²) in [5.41, 5.74) is 0.805. The number of hydrogen-bond acceptors (Lipinski definition) is 6. The van der Waals surface area contributed by atoms with E-state index in [1.807, 2.05) is 0 Å². The van der Waals surface area contributed by atoms with E-state index in [0.29, 0.717) is 11.3 Å². The first kappa shape index (κ1) is 22.1. The molecular weight excluding hydrogens is 427 g/mol. The molecule has 0 bridgehead atoms. The number of ketones is 1. The zero-order valence-corrected chi connectivity index (χ0v) is 16.9. The van der Waals surface area contributed by atoms with Crippen molar-refractivity contribution in [3.05, 3.63) is 40.2 Å². The van der Waals surface area contributed by atoms with Crippen molar-refractivity contribution in [1.29, 1.82) is 0 Å². The molecule has 2 aromatic heterocycles. The van der Waals surface area contributed by atoms with E-state index in [-0.39, 0.29) is 40.7 Å². The molecule has 0 saturated heterocycles. The van der Waals surface area contributed by atoms with Crippen LogP contribution in [0.25, 0.3) is 0 Å². The van der Waals surface area contributed by atoms with Gasteiger partial charge in [0.05, 0.1) is 18.2 Å². The summed E-state index contributed by atoms with van der Waals surface area (Å²) in [7, 11) is 0. The third kappa shape index (κ3) is 5.71. The second kappa shape index (κ2) is 8.63. The van der Waals surface area contributed by atoms with Crippen LogP contribution in [-0.2, 0) is 11.2 Å². The lowest BCUT2D eigenvalue weighted by Gasteiger charge is -2.15.